The average molecular weight is 485 g/mol. The van der Waals surface area contributed by atoms with Crippen LogP contribution in [-0.4, -0.2) is 28.7 Å². The summed E-state index contributed by atoms with van der Waals surface area (Å²) in [6, 6.07) is 3.31. The molecule has 0 saturated heterocycles. The molecular formula is C24H25F6N3O. The Hall–Kier alpha value is -2.36. The van der Waals surface area contributed by atoms with E-state index in [1.807, 2.05) is 0 Å². The first kappa shape index (κ1) is 23.4. The molecule has 2 aromatic rings. The van der Waals surface area contributed by atoms with E-state index in [0.717, 1.165) is 55.9 Å². The Bertz CT molecular complexity index is 945. The predicted molar refractivity (Wildman–Crippen MR) is 112 cm³/mol. The summed E-state index contributed by atoms with van der Waals surface area (Å²) >= 11 is 0. The van der Waals surface area contributed by atoms with Gasteiger partial charge in [0.1, 0.15) is 11.6 Å². The molecule has 0 aliphatic heterocycles. The molecule has 0 aromatic carbocycles. The number of hydrogen-bond acceptors (Lipinski definition) is 4. The average Bonchev–Trinajstić information content (AvgIpc) is 2.75. The topological polar surface area (TPSA) is 38.2 Å². The number of alkyl halides is 6. The van der Waals surface area contributed by atoms with Gasteiger partial charge in [0, 0.05) is 18.9 Å². The zero-order valence-electron chi connectivity index (χ0n) is 18.4. The molecule has 0 amide bonds. The van der Waals surface area contributed by atoms with Crippen molar-refractivity contribution in [1.82, 2.24) is 9.97 Å². The van der Waals surface area contributed by atoms with Crippen LogP contribution in [0.25, 0.3) is 0 Å². The first-order valence-electron chi connectivity index (χ1n) is 11.5. The van der Waals surface area contributed by atoms with Crippen molar-refractivity contribution < 1.29 is 31.1 Å². The minimum Gasteiger partial charge on any atom is -0.373 e. The van der Waals surface area contributed by atoms with Gasteiger partial charge in [-0.25, -0.2) is 9.97 Å². The minimum absolute atomic E-state index is 0.0321. The SMILES string of the molecule is FC(F)(F)c1ccnc(N(CCOC23CC4CC(CC(C4)C2)C3)c2cc(C(F)(F)F)ccn2)c1. The van der Waals surface area contributed by atoms with Crippen LogP contribution in [0.5, 0.6) is 0 Å². The fraction of sp³-hybridized carbons (Fsp3) is 0.583. The Morgan fingerprint density at radius 2 is 1.24 bits per heavy atom. The molecule has 0 atom stereocenters. The van der Waals surface area contributed by atoms with Crippen LogP contribution in [0.4, 0.5) is 38.0 Å². The van der Waals surface area contributed by atoms with Crippen LogP contribution in [0, 0.1) is 17.8 Å². The highest BCUT2D eigenvalue weighted by Crippen LogP contribution is 2.57. The van der Waals surface area contributed by atoms with Gasteiger partial charge < -0.3 is 9.64 Å². The molecule has 4 bridgehead atoms. The highest BCUT2D eigenvalue weighted by molar-refractivity contribution is 5.57. The number of pyridine rings is 2. The molecule has 4 saturated carbocycles. The van der Waals surface area contributed by atoms with E-state index in [1.54, 1.807) is 0 Å². The lowest BCUT2D eigenvalue weighted by atomic mass is 9.54. The Labute approximate surface area is 193 Å². The molecule has 0 unspecified atom stereocenters. The third-order valence-electron chi connectivity index (χ3n) is 7.40. The minimum atomic E-state index is -4.61. The summed E-state index contributed by atoms with van der Waals surface area (Å²) in [5.41, 5.74) is -2.10. The Balaban J connectivity index is 1.40. The van der Waals surface area contributed by atoms with Gasteiger partial charge in [-0.1, -0.05) is 0 Å². The maximum atomic E-state index is 13.3. The van der Waals surface area contributed by atoms with Crippen LogP contribution in [0.2, 0.25) is 0 Å². The molecule has 2 aromatic heterocycles. The van der Waals surface area contributed by atoms with E-state index in [1.165, 1.54) is 24.2 Å². The van der Waals surface area contributed by atoms with Crippen molar-refractivity contribution >= 4 is 11.6 Å². The number of aromatic nitrogens is 2. The molecule has 4 nitrogen and oxygen atoms in total. The normalized spacial score (nSPS) is 28.4. The summed E-state index contributed by atoms with van der Waals surface area (Å²) in [4.78, 5) is 9.30. The van der Waals surface area contributed by atoms with Crippen LogP contribution in [-0.2, 0) is 17.1 Å². The van der Waals surface area contributed by atoms with Crippen LogP contribution in [0.15, 0.2) is 36.7 Å². The van der Waals surface area contributed by atoms with Gasteiger partial charge >= 0.3 is 12.4 Å². The van der Waals surface area contributed by atoms with E-state index in [9.17, 15) is 26.3 Å². The third kappa shape index (κ3) is 4.74. The van der Waals surface area contributed by atoms with Crippen LogP contribution >= 0.6 is 0 Å². The molecule has 0 N–H and O–H groups in total. The number of halogens is 6. The first-order valence-corrected chi connectivity index (χ1v) is 11.5. The molecule has 6 rings (SSSR count). The maximum Gasteiger partial charge on any atom is 0.416 e. The van der Waals surface area contributed by atoms with Crippen LogP contribution in [0.1, 0.15) is 49.7 Å². The van der Waals surface area contributed by atoms with E-state index in [2.05, 4.69) is 9.97 Å². The molecule has 10 heteroatoms. The van der Waals surface area contributed by atoms with E-state index >= 15 is 0 Å². The maximum absolute atomic E-state index is 13.3. The van der Waals surface area contributed by atoms with Gasteiger partial charge in [0.2, 0.25) is 0 Å². The number of hydrogen-bond donors (Lipinski definition) is 0. The molecular weight excluding hydrogens is 460 g/mol. The summed E-state index contributed by atoms with van der Waals surface area (Å²) in [7, 11) is 0. The lowest BCUT2D eigenvalue weighted by Gasteiger charge is -2.56. The summed E-state index contributed by atoms with van der Waals surface area (Å²) in [5, 5.41) is 0. The lowest BCUT2D eigenvalue weighted by Crippen LogP contribution is -2.52. The van der Waals surface area contributed by atoms with Crippen molar-refractivity contribution in [1.29, 1.82) is 0 Å². The lowest BCUT2D eigenvalue weighted by molar-refractivity contribution is -0.160. The van der Waals surface area contributed by atoms with Gasteiger partial charge in [0.25, 0.3) is 0 Å². The highest BCUT2D eigenvalue weighted by Gasteiger charge is 2.51. The zero-order chi connectivity index (χ0) is 24.1. The Kier molecular flexibility index (Phi) is 5.77. The van der Waals surface area contributed by atoms with Crippen molar-refractivity contribution in [3.8, 4) is 0 Å². The monoisotopic (exact) mass is 485 g/mol. The van der Waals surface area contributed by atoms with Crippen molar-refractivity contribution in [2.75, 3.05) is 18.1 Å². The summed E-state index contributed by atoms with van der Waals surface area (Å²) < 4.78 is 86.1. The first-order chi connectivity index (χ1) is 16.0. The molecule has 4 aliphatic rings. The summed E-state index contributed by atoms with van der Waals surface area (Å²) in [6.45, 7) is 0.187. The largest absolute Gasteiger partial charge is 0.416 e. The summed E-state index contributed by atoms with van der Waals surface area (Å²) in [5.74, 6) is 1.69. The van der Waals surface area contributed by atoms with E-state index in [-0.39, 0.29) is 30.4 Å². The molecule has 184 valence electrons. The van der Waals surface area contributed by atoms with Gasteiger partial charge in [-0.2, -0.15) is 26.3 Å². The van der Waals surface area contributed by atoms with Crippen molar-refractivity contribution in [3.05, 3.63) is 47.8 Å². The third-order valence-corrected chi connectivity index (χ3v) is 7.40. The van der Waals surface area contributed by atoms with Gasteiger partial charge in [-0.15, -0.1) is 0 Å². The Morgan fingerprint density at radius 3 is 1.65 bits per heavy atom. The molecule has 4 aliphatic carbocycles. The van der Waals surface area contributed by atoms with Crippen molar-refractivity contribution in [2.24, 2.45) is 17.8 Å². The second kappa shape index (κ2) is 8.39. The standard InChI is InChI=1S/C24H25F6N3O/c25-23(26,27)18-1-3-31-20(10-18)33(21-11-19(2-4-32-21)24(28,29)30)5-6-34-22-12-15-7-16(13-22)9-17(8-15)14-22/h1-4,10-11,15-17H,5-9,12-14H2. The number of nitrogens with zero attached hydrogens (tertiary/aromatic N) is 3. The Morgan fingerprint density at radius 1 is 0.794 bits per heavy atom. The second-order valence-corrected chi connectivity index (χ2v) is 9.90. The van der Waals surface area contributed by atoms with Crippen molar-refractivity contribution in [2.45, 2.75) is 56.5 Å². The quantitative estimate of drug-likeness (QED) is 0.430. The predicted octanol–water partition coefficient (Wildman–Crippen LogP) is 6.64. The van der Waals surface area contributed by atoms with Gasteiger partial charge in [-0.3, -0.25) is 0 Å². The molecule has 0 spiro atoms. The van der Waals surface area contributed by atoms with Crippen LogP contribution in [0.3, 0.4) is 0 Å². The fourth-order valence-electron chi connectivity index (χ4n) is 6.39. The molecule has 34 heavy (non-hydrogen) atoms. The number of anilines is 2. The van der Waals surface area contributed by atoms with Crippen LogP contribution < -0.4 is 4.90 Å². The van der Waals surface area contributed by atoms with E-state index in [0.29, 0.717) is 17.8 Å². The van der Waals surface area contributed by atoms with E-state index < -0.39 is 23.5 Å². The van der Waals surface area contributed by atoms with Gasteiger partial charge in [-0.05, 0) is 80.5 Å². The molecule has 2 heterocycles. The van der Waals surface area contributed by atoms with Crippen molar-refractivity contribution in [3.63, 3.8) is 0 Å². The highest BCUT2D eigenvalue weighted by atomic mass is 19.4. The molecule has 4 fully saturated rings. The smallest absolute Gasteiger partial charge is 0.373 e. The number of ether oxygens (including phenoxy) is 1. The molecule has 0 radical (unpaired) electrons. The zero-order valence-corrected chi connectivity index (χ0v) is 18.4. The fourth-order valence-corrected chi connectivity index (χ4v) is 6.39. The van der Waals surface area contributed by atoms with Gasteiger partial charge in [0.05, 0.1) is 23.3 Å². The second-order valence-electron chi connectivity index (χ2n) is 9.90. The van der Waals surface area contributed by atoms with Gasteiger partial charge in [0.15, 0.2) is 0 Å². The number of rotatable bonds is 6. The van der Waals surface area contributed by atoms with E-state index in [4.69, 9.17) is 4.74 Å². The summed E-state index contributed by atoms with van der Waals surface area (Å²) in [6.07, 6.45) is -0.600.